The zero-order valence-corrected chi connectivity index (χ0v) is 36.1. The number of rotatable bonds is 20. The van der Waals surface area contributed by atoms with Gasteiger partial charge < -0.3 is 63.6 Å². The molecule has 2 aliphatic heterocycles. The van der Waals surface area contributed by atoms with Crippen LogP contribution in [0.25, 0.3) is 0 Å². The number of Topliss-reactive ketones (excluding diaryl/α,β-unsaturated/α-hetero) is 1. The third-order valence-corrected chi connectivity index (χ3v) is 12.0. The van der Waals surface area contributed by atoms with Crippen molar-refractivity contribution >= 4 is 17.9 Å². The lowest BCUT2D eigenvalue weighted by atomic mass is 9.74. The van der Waals surface area contributed by atoms with Gasteiger partial charge in [-0.2, -0.15) is 0 Å². The summed E-state index contributed by atoms with van der Waals surface area (Å²) < 4.78 is 41.1. The van der Waals surface area contributed by atoms with Gasteiger partial charge in [0.2, 0.25) is 0 Å². The highest BCUT2D eigenvalue weighted by Crippen LogP contribution is 2.40. The molecule has 0 saturated carbocycles. The van der Waals surface area contributed by atoms with Crippen LogP contribution in [0.1, 0.15) is 108 Å². The van der Waals surface area contributed by atoms with Gasteiger partial charge in [0.1, 0.15) is 17.5 Å². The first-order valence-electron chi connectivity index (χ1n) is 20.0. The molecule has 0 aromatic carbocycles. The molecule has 2 aliphatic rings. The molecule has 16 nitrogen and oxygen atoms in total. The van der Waals surface area contributed by atoms with Crippen LogP contribution < -0.4 is 0 Å². The Kier molecular flexibility index (Phi) is 18.8. The molecule has 2 saturated heterocycles. The Hall–Kier alpha value is -1.83. The van der Waals surface area contributed by atoms with E-state index in [2.05, 4.69) is 4.90 Å². The van der Waals surface area contributed by atoms with Crippen molar-refractivity contribution < 1.29 is 73.1 Å². The quantitative estimate of drug-likeness (QED) is 0.0882. The summed E-state index contributed by atoms with van der Waals surface area (Å²) in [6, 6.07) is 0.0690. The van der Waals surface area contributed by atoms with Gasteiger partial charge in [-0.05, 0) is 81.8 Å². The number of carbonyl (C=O) groups excluding carboxylic acids is 3. The van der Waals surface area contributed by atoms with E-state index < -0.39 is 108 Å². The Balaban J connectivity index is 2.63. The summed E-state index contributed by atoms with van der Waals surface area (Å²) in [5, 5.41) is 55.7. The first kappa shape index (κ1) is 50.3. The molecule has 2 fully saturated rings. The number of hydrogen-bond donors (Lipinski definition) is 5. The van der Waals surface area contributed by atoms with E-state index in [4.69, 9.17) is 33.2 Å². The molecule has 328 valence electrons. The lowest BCUT2D eigenvalue weighted by Gasteiger charge is -2.48. The van der Waals surface area contributed by atoms with E-state index in [1.165, 1.54) is 34.8 Å². The average Bonchev–Trinajstić information content (AvgIpc) is 3.12. The number of methoxy groups -OCH3 is 1. The summed E-state index contributed by atoms with van der Waals surface area (Å²) in [5.74, 6) is -5.55. The fraction of sp³-hybridized carbons (Fsp3) is 0.925. The van der Waals surface area contributed by atoms with E-state index in [9.17, 15) is 39.9 Å². The Morgan fingerprint density at radius 2 is 1.55 bits per heavy atom. The molecular formula is C40H73NO15. The molecule has 2 heterocycles. The number of ether oxygens (including phenoxy) is 7. The van der Waals surface area contributed by atoms with Gasteiger partial charge in [0.05, 0.1) is 60.4 Å². The van der Waals surface area contributed by atoms with Crippen LogP contribution in [-0.2, 0) is 42.7 Å². The van der Waals surface area contributed by atoms with Crippen LogP contribution in [0.3, 0.4) is 0 Å². The van der Waals surface area contributed by atoms with Gasteiger partial charge in [0, 0.05) is 43.7 Å². The highest BCUT2D eigenvalue weighted by molar-refractivity contribution is 5.84. The minimum absolute atomic E-state index is 0.0294. The van der Waals surface area contributed by atoms with Crippen LogP contribution in [0, 0.1) is 23.7 Å². The largest absolute Gasteiger partial charge is 0.516 e. The van der Waals surface area contributed by atoms with Crippen molar-refractivity contribution in [2.75, 3.05) is 27.8 Å². The minimum atomic E-state index is -1.98. The molecule has 16 heteroatoms. The Labute approximate surface area is 333 Å². The third kappa shape index (κ3) is 12.6. The second kappa shape index (κ2) is 20.9. The lowest BCUT2D eigenvalue weighted by molar-refractivity contribution is -0.308. The van der Waals surface area contributed by atoms with Crippen LogP contribution >= 0.6 is 0 Å². The maximum atomic E-state index is 13.8. The van der Waals surface area contributed by atoms with Gasteiger partial charge >= 0.3 is 12.1 Å². The number of aliphatic hydroxyl groups excluding tert-OH is 3. The molecule has 2 rings (SSSR count). The minimum Gasteiger partial charge on any atom is -0.434 e. The van der Waals surface area contributed by atoms with E-state index in [-0.39, 0.29) is 38.0 Å². The van der Waals surface area contributed by atoms with E-state index >= 15 is 0 Å². The Bertz CT molecular complexity index is 1260. The predicted molar refractivity (Wildman–Crippen MR) is 204 cm³/mol. The standard InChI is InChI=1S/C40H73NO15/c1-15-28(42)40(11,49)33(44)23(5)31(43)21(3)19-38(9,48)35(55-29-18-27(41(12)13)17-22(4)52-29)24(6)32(25(7)36(46)56-37(47)51-16-2)54-30-20-39(10,50-14)34(45)26(8)53-30/h21-30,32-35,42,44-45,48-49H,15-20H2,1-14H3/t21-,22+,23+,24+,25+,26-,27-,28-,29+,30-,32-,33-,34+,35+,38-,39+,40+/m1/s1. The number of nitrogens with zero attached hydrogens (tertiary/aromatic N) is 1. The van der Waals surface area contributed by atoms with Gasteiger partial charge in [-0.1, -0.05) is 27.7 Å². The van der Waals surface area contributed by atoms with Crippen LogP contribution in [0.2, 0.25) is 0 Å². The Morgan fingerprint density at radius 1 is 0.946 bits per heavy atom. The van der Waals surface area contributed by atoms with Crippen LogP contribution in [0.15, 0.2) is 0 Å². The zero-order valence-electron chi connectivity index (χ0n) is 36.1. The molecular weight excluding hydrogens is 734 g/mol. The number of ketones is 1. The van der Waals surface area contributed by atoms with Crippen LogP contribution in [0.5, 0.6) is 0 Å². The number of hydrogen-bond acceptors (Lipinski definition) is 16. The molecule has 0 bridgehead atoms. The molecule has 56 heavy (non-hydrogen) atoms. The molecule has 0 aliphatic carbocycles. The van der Waals surface area contributed by atoms with Gasteiger partial charge in [0.25, 0.3) is 0 Å². The SMILES string of the molecule is CCOC(=O)OC(=O)[C@@H](C)[C@H](O[C@@H]1C[C@](C)(OC)[C@@H](O)[C@@H](C)O1)[C@H](C)[C@H](O[C@H]1C[C@H](N(C)C)C[C@H](C)O1)[C@](C)(O)C[C@@H](C)C(=O)[C@H](C)[C@@H](O)[C@@](C)(O)[C@H](O)CC. The monoisotopic (exact) mass is 807 g/mol. The molecule has 17 atom stereocenters. The number of aliphatic hydroxyl groups is 5. The molecule has 5 N–H and O–H groups in total. The summed E-state index contributed by atoms with van der Waals surface area (Å²) in [6.45, 7) is 17.5. The Morgan fingerprint density at radius 3 is 2.09 bits per heavy atom. The average molecular weight is 808 g/mol. The van der Waals surface area contributed by atoms with E-state index in [1.54, 1.807) is 41.5 Å². The summed E-state index contributed by atoms with van der Waals surface area (Å²) in [4.78, 5) is 41.7. The normalized spacial score (nSPS) is 32.4. The molecule has 0 unspecified atom stereocenters. The van der Waals surface area contributed by atoms with Crippen molar-refractivity contribution in [2.24, 2.45) is 23.7 Å². The maximum Gasteiger partial charge on any atom is 0.516 e. The van der Waals surface area contributed by atoms with E-state index in [1.807, 2.05) is 21.0 Å². The number of esters is 1. The topological polar surface area (TPSA) is 220 Å². The summed E-state index contributed by atoms with van der Waals surface area (Å²) in [6.07, 6.45) is -9.13. The van der Waals surface area contributed by atoms with E-state index in [0.29, 0.717) is 6.42 Å². The van der Waals surface area contributed by atoms with Crippen molar-refractivity contribution in [1.82, 2.24) is 4.90 Å². The highest BCUT2D eigenvalue weighted by atomic mass is 16.7. The highest BCUT2D eigenvalue weighted by Gasteiger charge is 2.51. The zero-order chi connectivity index (χ0) is 43.1. The molecule has 0 aromatic heterocycles. The second-order valence-electron chi connectivity index (χ2n) is 17.1. The van der Waals surface area contributed by atoms with Crippen molar-refractivity contribution in [3.63, 3.8) is 0 Å². The first-order valence-corrected chi connectivity index (χ1v) is 20.0. The van der Waals surface area contributed by atoms with Crippen molar-refractivity contribution in [1.29, 1.82) is 0 Å². The predicted octanol–water partition coefficient (Wildman–Crippen LogP) is 2.95. The molecule has 0 amide bonds. The van der Waals surface area contributed by atoms with Gasteiger partial charge in [-0.25, -0.2) is 4.79 Å². The summed E-state index contributed by atoms with van der Waals surface area (Å²) in [7, 11) is 5.36. The molecule has 0 aromatic rings. The molecule has 0 radical (unpaired) electrons. The van der Waals surface area contributed by atoms with Crippen molar-refractivity contribution in [3.05, 3.63) is 0 Å². The summed E-state index contributed by atoms with van der Waals surface area (Å²) >= 11 is 0. The van der Waals surface area contributed by atoms with Crippen molar-refractivity contribution in [2.45, 2.75) is 186 Å². The van der Waals surface area contributed by atoms with Crippen LogP contribution in [-0.4, -0.2) is 154 Å². The van der Waals surface area contributed by atoms with Crippen molar-refractivity contribution in [3.8, 4) is 0 Å². The second-order valence-corrected chi connectivity index (χ2v) is 17.1. The number of carbonyl (C=O) groups is 3. The fourth-order valence-corrected chi connectivity index (χ4v) is 8.23. The van der Waals surface area contributed by atoms with Crippen LogP contribution in [0.4, 0.5) is 4.79 Å². The lowest BCUT2D eigenvalue weighted by Crippen LogP contribution is -2.59. The smallest absolute Gasteiger partial charge is 0.434 e. The van der Waals surface area contributed by atoms with Gasteiger partial charge in [-0.3, -0.25) is 9.59 Å². The molecule has 0 spiro atoms. The third-order valence-electron chi connectivity index (χ3n) is 12.0. The van der Waals surface area contributed by atoms with Gasteiger partial charge in [0.15, 0.2) is 12.6 Å². The van der Waals surface area contributed by atoms with Gasteiger partial charge in [-0.15, -0.1) is 0 Å². The maximum absolute atomic E-state index is 13.8. The summed E-state index contributed by atoms with van der Waals surface area (Å²) in [5.41, 5.74) is -4.91. The first-order chi connectivity index (χ1) is 25.8. The van der Waals surface area contributed by atoms with E-state index in [0.717, 1.165) is 6.42 Å². The fourth-order valence-electron chi connectivity index (χ4n) is 8.23.